The van der Waals surface area contributed by atoms with Gasteiger partial charge >= 0.3 is 0 Å². The maximum Gasteiger partial charge on any atom is 0.223 e. The van der Waals surface area contributed by atoms with Gasteiger partial charge in [0.1, 0.15) is 0 Å². The molecule has 0 aromatic carbocycles. The van der Waals surface area contributed by atoms with Crippen LogP contribution in [-0.4, -0.2) is 55.0 Å². The lowest BCUT2D eigenvalue weighted by molar-refractivity contribution is -0.136. The first-order valence-corrected chi connectivity index (χ1v) is 10.9. The summed E-state index contributed by atoms with van der Waals surface area (Å²) in [5, 5.41) is 0. The Bertz CT molecular complexity index is 422. The fraction of sp³-hybridized carbons (Fsp3) is 0.952. The third-order valence-electron chi connectivity index (χ3n) is 6.96. The number of likely N-dealkylation sites (tertiary alicyclic amines) is 2. The van der Waals surface area contributed by atoms with Crippen molar-refractivity contribution in [2.45, 2.75) is 77.0 Å². The van der Waals surface area contributed by atoms with Gasteiger partial charge in [0.2, 0.25) is 5.91 Å². The summed E-state index contributed by atoms with van der Waals surface area (Å²) < 4.78 is 0. The number of nitrogens with zero attached hydrogens (tertiary/aromatic N) is 2. The standard InChI is InChI=1S/C21H39N3O.2ClH/c22-18-21(10-4-3-5-11-21)15-20(25)24-14-8-9-19(17-24)16-23-12-6-1-2-7-13-23;;/h19H,1-18,22H2;2*1H. The Morgan fingerprint density at radius 2 is 1.52 bits per heavy atom. The van der Waals surface area contributed by atoms with Gasteiger partial charge in [-0.15, -0.1) is 24.8 Å². The van der Waals surface area contributed by atoms with Gasteiger partial charge in [0.05, 0.1) is 0 Å². The van der Waals surface area contributed by atoms with Crippen LogP contribution in [0, 0.1) is 11.3 Å². The Hall–Kier alpha value is -0.0300. The number of hydrogen-bond donors (Lipinski definition) is 1. The van der Waals surface area contributed by atoms with Crippen molar-refractivity contribution in [3.8, 4) is 0 Å². The molecule has 3 fully saturated rings. The minimum Gasteiger partial charge on any atom is -0.342 e. The van der Waals surface area contributed by atoms with Crippen molar-refractivity contribution >= 4 is 30.7 Å². The van der Waals surface area contributed by atoms with Crippen molar-refractivity contribution in [2.75, 3.05) is 39.3 Å². The summed E-state index contributed by atoms with van der Waals surface area (Å²) in [5.41, 5.74) is 6.21. The average Bonchev–Trinajstić information content (AvgIpc) is 2.91. The second-order valence-corrected chi connectivity index (χ2v) is 9.00. The summed E-state index contributed by atoms with van der Waals surface area (Å²) in [6.07, 6.45) is 14.8. The molecule has 0 spiro atoms. The van der Waals surface area contributed by atoms with Crippen LogP contribution < -0.4 is 5.73 Å². The Kier molecular flexibility index (Phi) is 11.6. The van der Waals surface area contributed by atoms with Crippen LogP contribution in [0.1, 0.15) is 77.0 Å². The van der Waals surface area contributed by atoms with Gasteiger partial charge in [0.15, 0.2) is 0 Å². The van der Waals surface area contributed by atoms with Crippen LogP contribution >= 0.6 is 24.8 Å². The number of halogens is 2. The Balaban J connectivity index is 0.00000182. The van der Waals surface area contributed by atoms with Crippen LogP contribution in [0.25, 0.3) is 0 Å². The van der Waals surface area contributed by atoms with Crippen molar-refractivity contribution in [2.24, 2.45) is 17.1 Å². The smallest absolute Gasteiger partial charge is 0.223 e. The predicted octanol–water partition coefficient (Wildman–Crippen LogP) is 4.24. The molecule has 2 saturated heterocycles. The van der Waals surface area contributed by atoms with Gasteiger partial charge in [0.25, 0.3) is 0 Å². The second-order valence-electron chi connectivity index (χ2n) is 9.00. The van der Waals surface area contributed by atoms with E-state index in [-0.39, 0.29) is 30.2 Å². The minimum atomic E-state index is 0. The van der Waals surface area contributed by atoms with E-state index in [1.54, 1.807) is 0 Å². The monoisotopic (exact) mass is 421 g/mol. The molecule has 27 heavy (non-hydrogen) atoms. The number of nitrogens with two attached hydrogens (primary N) is 1. The normalized spacial score (nSPS) is 26.4. The molecule has 6 heteroatoms. The van der Waals surface area contributed by atoms with E-state index < -0.39 is 0 Å². The summed E-state index contributed by atoms with van der Waals surface area (Å²) in [7, 11) is 0. The van der Waals surface area contributed by atoms with E-state index in [9.17, 15) is 4.79 Å². The third kappa shape index (κ3) is 7.38. The molecule has 0 aromatic heterocycles. The second kappa shape index (κ2) is 12.5. The van der Waals surface area contributed by atoms with E-state index in [4.69, 9.17) is 5.73 Å². The molecule has 3 aliphatic rings. The number of piperidine rings is 1. The van der Waals surface area contributed by atoms with Gasteiger partial charge in [-0.2, -0.15) is 0 Å². The van der Waals surface area contributed by atoms with E-state index in [1.807, 2.05) is 0 Å². The largest absolute Gasteiger partial charge is 0.342 e. The van der Waals surface area contributed by atoms with Gasteiger partial charge in [-0.05, 0) is 69.5 Å². The van der Waals surface area contributed by atoms with Crippen LogP contribution in [0.3, 0.4) is 0 Å². The molecule has 0 radical (unpaired) electrons. The topological polar surface area (TPSA) is 49.6 Å². The molecule has 2 aliphatic heterocycles. The zero-order chi connectivity index (χ0) is 17.5. The van der Waals surface area contributed by atoms with E-state index >= 15 is 0 Å². The lowest BCUT2D eigenvalue weighted by Crippen LogP contribution is -2.46. The molecular weight excluding hydrogens is 381 g/mol. The fourth-order valence-electron chi connectivity index (χ4n) is 5.31. The number of carbonyl (C=O) groups is 1. The van der Waals surface area contributed by atoms with E-state index in [1.165, 1.54) is 77.4 Å². The Morgan fingerprint density at radius 3 is 2.15 bits per heavy atom. The first-order chi connectivity index (χ1) is 12.2. The number of amides is 1. The number of rotatable bonds is 5. The third-order valence-corrected chi connectivity index (χ3v) is 6.96. The van der Waals surface area contributed by atoms with Crippen molar-refractivity contribution < 1.29 is 4.79 Å². The fourth-order valence-corrected chi connectivity index (χ4v) is 5.31. The highest BCUT2D eigenvalue weighted by Crippen LogP contribution is 2.39. The first-order valence-electron chi connectivity index (χ1n) is 10.9. The molecule has 0 aromatic rings. The Labute approximate surface area is 178 Å². The lowest BCUT2D eigenvalue weighted by atomic mass is 9.71. The molecule has 2 heterocycles. The van der Waals surface area contributed by atoms with Gasteiger partial charge in [-0.1, -0.05) is 32.1 Å². The van der Waals surface area contributed by atoms with E-state index in [0.717, 1.165) is 25.9 Å². The van der Waals surface area contributed by atoms with Gasteiger partial charge in [-0.25, -0.2) is 0 Å². The van der Waals surface area contributed by atoms with Crippen LogP contribution in [0.2, 0.25) is 0 Å². The molecule has 1 atom stereocenters. The predicted molar refractivity (Wildman–Crippen MR) is 118 cm³/mol. The lowest BCUT2D eigenvalue weighted by Gasteiger charge is -2.40. The minimum absolute atomic E-state index is 0. The molecule has 1 saturated carbocycles. The highest BCUT2D eigenvalue weighted by Gasteiger charge is 2.35. The summed E-state index contributed by atoms with van der Waals surface area (Å²) >= 11 is 0. The summed E-state index contributed by atoms with van der Waals surface area (Å²) in [5.74, 6) is 1.06. The zero-order valence-corrected chi connectivity index (χ0v) is 18.6. The zero-order valence-electron chi connectivity index (χ0n) is 17.0. The van der Waals surface area contributed by atoms with Gasteiger partial charge < -0.3 is 15.5 Å². The van der Waals surface area contributed by atoms with Crippen molar-refractivity contribution in [1.82, 2.24) is 9.80 Å². The average molecular weight is 422 g/mol. The maximum absolute atomic E-state index is 13.0. The van der Waals surface area contributed by atoms with Crippen LogP contribution in [0.4, 0.5) is 0 Å². The molecule has 160 valence electrons. The summed E-state index contributed by atoms with van der Waals surface area (Å²) in [4.78, 5) is 17.8. The van der Waals surface area contributed by atoms with Crippen molar-refractivity contribution in [3.63, 3.8) is 0 Å². The highest BCUT2D eigenvalue weighted by atomic mass is 35.5. The van der Waals surface area contributed by atoms with E-state index in [2.05, 4.69) is 9.80 Å². The molecule has 1 unspecified atom stereocenters. The molecule has 1 amide bonds. The van der Waals surface area contributed by atoms with Gasteiger partial charge in [0, 0.05) is 26.1 Å². The number of carbonyl (C=O) groups excluding carboxylic acids is 1. The quantitative estimate of drug-likeness (QED) is 0.721. The van der Waals surface area contributed by atoms with Crippen LogP contribution in [0.5, 0.6) is 0 Å². The van der Waals surface area contributed by atoms with Crippen LogP contribution in [-0.2, 0) is 4.79 Å². The SMILES string of the molecule is Cl.Cl.NCC1(CC(=O)N2CCCC(CN3CCCCCC3)C2)CCCCC1. The molecule has 4 nitrogen and oxygen atoms in total. The van der Waals surface area contributed by atoms with E-state index in [0.29, 0.717) is 24.8 Å². The van der Waals surface area contributed by atoms with Gasteiger partial charge in [-0.3, -0.25) is 4.79 Å². The molecular formula is C21H41Cl2N3O. The molecule has 3 rings (SSSR count). The first kappa shape index (κ1) is 25.0. The molecule has 2 N–H and O–H groups in total. The maximum atomic E-state index is 13.0. The Morgan fingerprint density at radius 1 is 0.889 bits per heavy atom. The number of hydrogen-bond acceptors (Lipinski definition) is 3. The molecule has 1 aliphatic carbocycles. The van der Waals surface area contributed by atoms with Crippen molar-refractivity contribution in [3.05, 3.63) is 0 Å². The summed E-state index contributed by atoms with van der Waals surface area (Å²) in [6.45, 7) is 6.36. The highest BCUT2D eigenvalue weighted by molar-refractivity contribution is 5.85. The summed E-state index contributed by atoms with van der Waals surface area (Å²) in [6, 6.07) is 0. The van der Waals surface area contributed by atoms with Crippen molar-refractivity contribution in [1.29, 1.82) is 0 Å². The molecule has 0 bridgehead atoms. The van der Waals surface area contributed by atoms with Crippen LogP contribution in [0.15, 0.2) is 0 Å².